The lowest BCUT2D eigenvalue weighted by Crippen LogP contribution is -2.17. The molecule has 1 aromatic heterocycles. The van der Waals surface area contributed by atoms with Gasteiger partial charge in [-0.2, -0.15) is 9.78 Å². The average molecular weight is 279 g/mol. The Kier molecular flexibility index (Phi) is 3.47. The summed E-state index contributed by atoms with van der Waals surface area (Å²) >= 11 is 0. The van der Waals surface area contributed by atoms with Gasteiger partial charge in [0.2, 0.25) is 0 Å². The molecule has 0 atom stereocenters. The Morgan fingerprint density at radius 3 is 2.76 bits per heavy atom. The Hall–Kier alpha value is -2.95. The van der Waals surface area contributed by atoms with E-state index in [4.69, 9.17) is 4.74 Å². The minimum atomic E-state index is -0.202. The van der Waals surface area contributed by atoms with Gasteiger partial charge in [0.1, 0.15) is 12.1 Å². The molecule has 3 rings (SSSR count). The lowest BCUT2D eigenvalue weighted by Gasteiger charge is -2.03. The van der Waals surface area contributed by atoms with Gasteiger partial charge in [0.15, 0.2) is 0 Å². The molecule has 0 aliphatic carbocycles. The maximum absolute atomic E-state index is 12.3. The van der Waals surface area contributed by atoms with Crippen LogP contribution in [0.2, 0.25) is 0 Å². The van der Waals surface area contributed by atoms with Crippen LogP contribution in [0.3, 0.4) is 0 Å². The molecule has 0 N–H and O–H groups in total. The number of nitrogens with zero attached hydrogens (tertiary/aromatic N) is 3. The van der Waals surface area contributed by atoms with Crippen molar-refractivity contribution in [2.24, 2.45) is 5.10 Å². The van der Waals surface area contributed by atoms with Crippen LogP contribution in [0.1, 0.15) is 5.56 Å². The number of ether oxygens (including phenoxy) is 1. The van der Waals surface area contributed by atoms with Crippen LogP contribution in [-0.2, 0) is 0 Å². The summed E-state index contributed by atoms with van der Waals surface area (Å²) in [5.41, 5.74) is 1.25. The summed E-state index contributed by atoms with van der Waals surface area (Å²) < 4.78 is 6.46. The smallest absolute Gasteiger partial charge is 0.281 e. The number of methoxy groups -OCH3 is 1. The van der Waals surface area contributed by atoms with Gasteiger partial charge in [0.05, 0.1) is 24.2 Å². The molecular weight excluding hydrogens is 266 g/mol. The molecule has 104 valence electrons. The van der Waals surface area contributed by atoms with E-state index in [9.17, 15) is 4.79 Å². The van der Waals surface area contributed by atoms with E-state index in [1.807, 2.05) is 30.3 Å². The van der Waals surface area contributed by atoms with E-state index in [0.29, 0.717) is 16.7 Å². The predicted molar refractivity (Wildman–Crippen MR) is 82.0 cm³/mol. The van der Waals surface area contributed by atoms with Crippen LogP contribution in [0.15, 0.2) is 64.8 Å². The Morgan fingerprint density at radius 1 is 1.14 bits per heavy atom. The quantitative estimate of drug-likeness (QED) is 0.691. The van der Waals surface area contributed by atoms with Gasteiger partial charge in [0.25, 0.3) is 5.56 Å². The summed E-state index contributed by atoms with van der Waals surface area (Å²) in [4.78, 5) is 16.5. The van der Waals surface area contributed by atoms with Crippen molar-refractivity contribution in [2.45, 2.75) is 0 Å². The van der Waals surface area contributed by atoms with Gasteiger partial charge in [0, 0.05) is 5.56 Å². The fourth-order valence-corrected chi connectivity index (χ4v) is 2.04. The molecule has 5 nitrogen and oxygen atoms in total. The molecule has 21 heavy (non-hydrogen) atoms. The van der Waals surface area contributed by atoms with Gasteiger partial charge in [-0.15, -0.1) is 0 Å². The third kappa shape index (κ3) is 2.53. The summed E-state index contributed by atoms with van der Waals surface area (Å²) in [6.45, 7) is 0. The Morgan fingerprint density at radius 2 is 1.90 bits per heavy atom. The zero-order chi connectivity index (χ0) is 14.7. The molecule has 0 aliphatic rings. The summed E-state index contributed by atoms with van der Waals surface area (Å²) in [6, 6.07) is 14.6. The first-order valence-electron chi connectivity index (χ1n) is 6.43. The fourth-order valence-electron chi connectivity index (χ4n) is 2.04. The minimum Gasteiger partial charge on any atom is -0.496 e. The van der Waals surface area contributed by atoms with Gasteiger partial charge < -0.3 is 4.74 Å². The second-order valence-electron chi connectivity index (χ2n) is 4.40. The highest BCUT2D eigenvalue weighted by Crippen LogP contribution is 2.14. The summed E-state index contributed by atoms with van der Waals surface area (Å²) in [5, 5.41) is 4.71. The van der Waals surface area contributed by atoms with Crippen LogP contribution in [0.25, 0.3) is 10.9 Å². The molecule has 5 heteroatoms. The minimum absolute atomic E-state index is 0.202. The second kappa shape index (κ2) is 5.58. The first-order valence-corrected chi connectivity index (χ1v) is 6.43. The van der Waals surface area contributed by atoms with Crippen molar-refractivity contribution in [3.63, 3.8) is 0 Å². The Bertz CT molecular complexity index is 869. The number of hydrogen-bond acceptors (Lipinski definition) is 4. The Balaban J connectivity index is 2.04. The molecule has 0 amide bonds. The molecule has 0 unspecified atom stereocenters. The van der Waals surface area contributed by atoms with E-state index in [0.717, 1.165) is 5.56 Å². The number of hydrogen-bond donors (Lipinski definition) is 0. The number of aromatic nitrogens is 2. The van der Waals surface area contributed by atoms with Crippen LogP contribution in [0.5, 0.6) is 5.75 Å². The SMILES string of the molecule is COc1ccccc1C=Nn1cnc2ccccc2c1=O. The first-order chi connectivity index (χ1) is 10.3. The molecular formula is C16H13N3O2. The largest absolute Gasteiger partial charge is 0.496 e. The number of fused-ring (bicyclic) bond motifs is 1. The number of benzene rings is 2. The molecule has 0 saturated carbocycles. The van der Waals surface area contributed by atoms with E-state index >= 15 is 0 Å². The molecule has 0 spiro atoms. The molecule has 0 aliphatic heterocycles. The third-order valence-electron chi connectivity index (χ3n) is 3.11. The zero-order valence-corrected chi connectivity index (χ0v) is 11.4. The van der Waals surface area contributed by atoms with Crippen LogP contribution >= 0.6 is 0 Å². The molecule has 0 bridgehead atoms. The van der Waals surface area contributed by atoms with Gasteiger partial charge >= 0.3 is 0 Å². The number of para-hydroxylation sites is 2. The van der Waals surface area contributed by atoms with Crippen LogP contribution in [-0.4, -0.2) is 23.0 Å². The highest BCUT2D eigenvalue weighted by atomic mass is 16.5. The van der Waals surface area contributed by atoms with E-state index in [1.165, 1.54) is 11.0 Å². The van der Waals surface area contributed by atoms with Crippen molar-refractivity contribution in [2.75, 3.05) is 7.11 Å². The predicted octanol–water partition coefficient (Wildman–Crippen LogP) is 2.29. The molecule has 1 heterocycles. The molecule has 3 aromatic rings. The lowest BCUT2D eigenvalue weighted by molar-refractivity contribution is 0.414. The molecule has 2 aromatic carbocycles. The van der Waals surface area contributed by atoms with Crippen LogP contribution in [0, 0.1) is 0 Å². The highest BCUT2D eigenvalue weighted by Gasteiger charge is 2.02. The van der Waals surface area contributed by atoms with Gasteiger partial charge in [-0.05, 0) is 24.3 Å². The summed E-state index contributed by atoms with van der Waals surface area (Å²) in [5.74, 6) is 0.697. The van der Waals surface area contributed by atoms with E-state index < -0.39 is 0 Å². The molecule has 0 radical (unpaired) electrons. The van der Waals surface area contributed by atoms with Crippen molar-refractivity contribution in [3.8, 4) is 5.75 Å². The number of rotatable bonds is 3. The summed E-state index contributed by atoms with van der Waals surface area (Å²) in [7, 11) is 1.59. The van der Waals surface area contributed by atoms with Crippen molar-refractivity contribution in [1.29, 1.82) is 0 Å². The zero-order valence-electron chi connectivity index (χ0n) is 11.4. The van der Waals surface area contributed by atoms with Gasteiger partial charge in [-0.1, -0.05) is 24.3 Å². The molecule has 0 saturated heterocycles. The van der Waals surface area contributed by atoms with Crippen molar-refractivity contribution < 1.29 is 4.74 Å². The average Bonchev–Trinajstić information content (AvgIpc) is 2.55. The second-order valence-corrected chi connectivity index (χ2v) is 4.40. The topological polar surface area (TPSA) is 56.5 Å². The van der Waals surface area contributed by atoms with Crippen molar-refractivity contribution in [3.05, 3.63) is 70.8 Å². The van der Waals surface area contributed by atoms with E-state index in [-0.39, 0.29) is 5.56 Å². The van der Waals surface area contributed by atoms with Crippen molar-refractivity contribution in [1.82, 2.24) is 9.66 Å². The monoisotopic (exact) mass is 279 g/mol. The van der Waals surface area contributed by atoms with Gasteiger partial charge in [-0.3, -0.25) is 4.79 Å². The summed E-state index contributed by atoms with van der Waals surface area (Å²) in [6.07, 6.45) is 2.99. The van der Waals surface area contributed by atoms with Crippen molar-refractivity contribution >= 4 is 17.1 Å². The van der Waals surface area contributed by atoms with E-state index in [2.05, 4.69) is 10.1 Å². The van der Waals surface area contributed by atoms with Crippen LogP contribution in [0.4, 0.5) is 0 Å². The normalized spacial score (nSPS) is 11.1. The fraction of sp³-hybridized carbons (Fsp3) is 0.0625. The lowest BCUT2D eigenvalue weighted by atomic mass is 10.2. The molecule has 0 fully saturated rings. The van der Waals surface area contributed by atoms with E-state index in [1.54, 1.807) is 31.5 Å². The van der Waals surface area contributed by atoms with Gasteiger partial charge in [-0.25, -0.2) is 4.98 Å². The first kappa shape index (κ1) is 13.1. The highest BCUT2D eigenvalue weighted by molar-refractivity contribution is 5.83. The maximum atomic E-state index is 12.3. The van der Waals surface area contributed by atoms with Crippen LogP contribution < -0.4 is 10.3 Å². The third-order valence-corrected chi connectivity index (χ3v) is 3.11. The Labute approximate surface area is 121 Å². The standard InChI is InChI=1S/C16H13N3O2/c1-21-15-9-5-2-6-12(15)10-18-19-11-17-14-8-4-3-7-13(14)16(19)20/h2-11H,1H3. The maximum Gasteiger partial charge on any atom is 0.281 e.